The second kappa shape index (κ2) is 9.19. The van der Waals surface area contributed by atoms with Gasteiger partial charge in [-0.05, 0) is 67.9 Å². The number of aryl methyl sites for hydroxylation is 2. The lowest BCUT2D eigenvalue weighted by molar-refractivity contribution is 0.102. The Morgan fingerprint density at radius 1 is 0.882 bits per heavy atom. The molecule has 34 heavy (non-hydrogen) atoms. The number of hydrogen-bond donors (Lipinski definition) is 3. The molecule has 0 bridgehead atoms. The molecule has 6 nitrogen and oxygen atoms in total. The predicted octanol–water partition coefficient (Wildman–Crippen LogP) is 6.03. The fourth-order valence-electron chi connectivity index (χ4n) is 4.26. The predicted molar refractivity (Wildman–Crippen MR) is 136 cm³/mol. The zero-order valence-corrected chi connectivity index (χ0v) is 19.0. The van der Waals surface area contributed by atoms with Crippen molar-refractivity contribution in [2.75, 3.05) is 10.6 Å². The number of amides is 1. The Bertz CT molecular complexity index is 1440. The number of rotatable bonds is 6. The van der Waals surface area contributed by atoms with Crippen molar-refractivity contribution < 1.29 is 4.79 Å². The van der Waals surface area contributed by atoms with Crippen LogP contribution in [0.5, 0.6) is 0 Å². The Labute approximate surface area is 198 Å². The number of aromatic nitrogens is 3. The molecule has 168 valence electrons. The molecule has 0 saturated carbocycles. The van der Waals surface area contributed by atoms with Gasteiger partial charge in [0.25, 0.3) is 5.91 Å². The van der Waals surface area contributed by atoms with E-state index in [1.165, 1.54) is 0 Å². The summed E-state index contributed by atoms with van der Waals surface area (Å²) in [6.07, 6.45) is 3.56. The van der Waals surface area contributed by atoms with Gasteiger partial charge >= 0.3 is 0 Å². The molecule has 3 N–H and O–H groups in total. The maximum atomic E-state index is 12.9. The van der Waals surface area contributed by atoms with Crippen molar-refractivity contribution in [1.29, 1.82) is 0 Å². The molecule has 0 saturated heterocycles. The molecule has 3 heterocycles. The molecule has 0 fully saturated rings. The van der Waals surface area contributed by atoms with Gasteiger partial charge < -0.3 is 15.6 Å². The van der Waals surface area contributed by atoms with Gasteiger partial charge in [0.2, 0.25) is 0 Å². The molecule has 0 aliphatic heterocycles. The summed E-state index contributed by atoms with van der Waals surface area (Å²) in [6.45, 7) is 3.99. The van der Waals surface area contributed by atoms with E-state index in [1.54, 1.807) is 12.4 Å². The Morgan fingerprint density at radius 3 is 2.38 bits per heavy atom. The number of carbonyl (C=O) groups excluding carboxylic acids is 1. The van der Waals surface area contributed by atoms with E-state index in [9.17, 15) is 4.79 Å². The van der Waals surface area contributed by atoms with Crippen LogP contribution >= 0.6 is 0 Å². The molecule has 0 spiro atoms. The van der Waals surface area contributed by atoms with Gasteiger partial charge in [0, 0.05) is 45.8 Å². The lowest BCUT2D eigenvalue weighted by Gasteiger charge is -2.20. The molecule has 3 aromatic heterocycles. The highest BCUT2D eigenvalue weighted by Crippen LogP contribution is 2.35. The molecule has 5 rings (SSSR count). The fourth-order valence-corrected chi connectivity index (χ4v) is 4.26. The SMILES string of the molecule is Cc1ccccc1C(=O)Nc1ccc2[nH]c(C)c([C@H](Nc3ccccn3)c3ccccn3)c2c1. The van der Waals surface area contributed by atoms with E-state index in [4.69, 9.17) is 0 Å². The molecular weight excluding hydrogens is 422 g/mol. The summed E-state index contributed by atoms with van der Waals surface area (Å²) in [6, 6.07) is 24.9. The number of fused-ring (bicyclic) bond motifs is 1. The monoisotopic (exact) mass is 447 g/mol. The van der Waals surface area contributed by atoms with E-state index < -0.39 is 0 Å². The van der Waals surface area contributed by atoms with Crippen LogP contribution in [0.3, 0.4) is 0 Å². The maximum Gasteiger partial charge on any atom is 0.255 e. The highest BCUT2D eigenvalue weighted by molar-refractivity contribution is 6.06. The Morgan fingerprint density at radius 2 is 1.65 bits per heavy atom. The van der Waals surface area contributed by atoms with Gasteiger partial charge in [0.05, 0.1) is 11.7 Å². The van der Waals surface area contributed by atoms with Crippen molar-refractivity contribution in [3.05, 3.63) is 119 Å². The summed E-state index contributed by atoms with van der Waals surface area (Å²) >= 11 is 0. The molecular formula is C28H25N5O. The topological polar surface area (TPSA) is 82.7 Å². The minimum absolute atomic E-state index is 0.126. The van der Waals surface area contributed by atoms with Crippen LogP contribution in [0.1, 0.15) is 38.9 Å². The third kappa shape index (κ3) is 4.26. The van der Waals surface area contributed by atoms with E-state index >= 15 is 0 Å². The van der Waals surface area contributed by atoms with Crippen LogP contribution in [0.2, 0.25) is 0 Å². The quantitative estimate of drug-likeness (QED) is 0.297. The van der Waals surface area contributed by atoms with Gasteiger partial charge in [-0.2, -0.15) is 0 Å². The summed E-state index contributed by atoms with van der Waals surface area (Å²) in [5.41, 5.74) is 6.29. The van der Waals surface area contributed by atoms with Crippen LogP contribution in [0, 0.1) is 13.8 Å². The summed E-state index contributed by atoms with van der Waals surface area (Å²) in [7, 11) is 0. The van der Waals surface area contributed by atoms with Crippen LogP contribution < -0.4 is 10.6 Å². The minimum Gasteiger partial charge on any atom is -0.358 e. The number of anilines is 2. The van der Waals surface area contributed by atoms with Crippen LogP contribution in [0.25, 0.3) is 10.9 Å². The average molecular weight is 448 g/mol. The van der Waals surface area contributed by atoms with E-state index in [1.807, 2.05) is 85.8 Å². The average Bonchev–Trinajstić information content (AvgIpc) is 3.19. The minimum atomic E-state index is -0.229. The Kier molecular flexibility index (Phi) is 5.79. The van der Waals surface area contributed by atoms with Crippen molar-refractivity contribution in [2.24, 2.45) is 0 Å². The molecule has 1 amide bonds. The number of pyridine rings is 2. The van der Waals surface area contributed by atoms with E-state index in [0.29, 0.717) is 5.56 Å². The smallest absolute Gasteiger partial charge is 0.255 e. The second-order valence-corrected chi connectivity index (χ2v) is 8.24. The third-order valence-electron chi connectivity index (χ3n) is 5.91. The maximum absolute atomic E-state index is 12.9. The van der Waals surface area contributed by atoms with Gasteiger partial charge in [-0.1, -0.05) is 30.3 Å². The standard InChI is InChI=1S/C28H25N5O/c1-18-9-3-4-10-21(18)28(34)32-20-13-14-23-22(17-20)26(19(2)31-23)27(24-11-5-7-15-29-24)33-25-12-6-8-16-30-25/h3-17,27,31H,1-2H3,(H,30,33)(H,32,34)/t27-/m1/s1. The number of aromatic amines is 1. The van der Waals surface area contributed by atoms with Crippen LogP contribution in [0.4, 0.5) is 11.5 Å². The molecule has 6 heteroatoms. The molecule has 0 aliphatic carbocycles. The van der Waals surface area contributed by atoms with Gasteiger partial charge in [0.1, 0.15) is 5.82 Å². The van der Waals surface area contributed by atoms with E-state index in [-0.39, 0.29) is 11.9 Å². The lowest BCUT2D eigenvalue weighted by atomic mass is 9.99. The number of nitrogens with zero attached hydrogens (tertiary/aromatic N) is 2. The zero-order chi connectivity index (χ0) is 23.5. The number of carbonyl (C=O) groups is 1. The summed E-state index contributed by atoms with van der Waals surface area (Å²) in [5, 5.41) is 7.61. The van der Waals surface area contributed by atoms with Crippen molar-refractivity contribution >= 4 is 28.3 Å². The number of nitrogens with one attached hydrogen (secondary N) is 3. The molecule has 2 aromatic carbocycles. The van der Waals surface area contributed by atoms with E-state index in [2.05, 4.69) is 32.5 Å². The highest BCUT2D eigenvalue weighted by atomic mass is 16.1. The Balaban J connectivity index is 1.56. The van der Waals surface area contributed by atoms with Crippen molar-refractivity contribution in [3.8, 4) is 0 Å². The first-order valence-corrected chi connectivity index (χ1v) is 11.2. The normalized spacial score (nSPS) is 11.8. The molecule has 0 radical (unpaired) electrons. The van der Waals surface area contributed by atoms with Gasteiger partial charge in [-0.25, -0.2) is 4.98 Å². The van der Waals surface area contributed by atoms with Crippen molar-refractivity contribution in [3.63, 3.8) is 0 Å². The number of hydrogen-bond acceptors (Lipinski definition) is 4. The van der Waals surface area contributed by atoms with E-state index in [0.717, 1.165) is 44.9 Å². The van der Waals surface area contributed by atoms with Crippen LogP contribution in [-0.4, -0.2) is 20.9 Å². The van der Waals surface area contributed by atoms with Gasteiger partial charge in [0.15, 0.2) is 0 Å². The summed E-state index contributed by atoms with van der Waals surface area (Å²) in [5.74, 6) is 0.634. The van der Waals surface area contributed by atoms with Crippen LogP contribution in [-0.2, 0) is 0 Å². The third-order valence-corrected chi connectivity index (χ3v) is 5.91. The number of H-pyrrole nitrogens is 1. The highest BCUT2D eigenvalue weighted by Gasteiger charge is 2.23. The molecule has 0 unspecified atom stereocenters. The second-order valence-electron chi connectivity index (χ2n) is 8.24. The summed E-state index contributed by atoms with van der Waals surface area (Å²) < 4.78 is 0. The van der Waals surface area contributed by atoms with Crippen molar-refractivity contribution in [1.82, 2.24) is 15.0 Å². The first-order chi connectivity index (χ1) is 16.6. The first-order valence-electron chi connectivity index (χ1n) is 11.2. The van der Waals surface area contributed by atoms with Gasteiger partial charge in [-0.15, -0.1) is 0 Å². The molecule has 5 aromatic rings. The van der Waals surface area contributed by atoms with Crippen molar-refractivity contribution in [2.45, 2.75) is 19.9 Å². The number of benzene rings is 2. The lowest BCUT2D eigenvalue weighted by Crippen LogP contribution is -2.15. The van der Waals surface area contributed by atoms with Gasteiger partial charge in [-0.3, -0.25) is 9.78 Å². The van der Waals surface area contributed by atoms with Crippen LogP contribution in [0.15, 0.2) is 91.3 Å². The molecule has 1 atom stereocenters. The Hall–Kier alpha value is -4.45. The zero-order valence-electron chi connectivity index (χ0n) is 19.0. The fraction of sp³-hybridized carbons (Fsp3) is 0.107. The first kappa shape index (κ1) is 21.4. The summed E-state index contributed by atoms with van der Waals surface area (Å²) in [4.78, 5) is 25.5. The largest absolute Gasteiger partial charge is 0.358 e. The molecule has 0 aliphatic rings.